The molecule has 1 amide bonds. The van der Waals surface area contributed by atoms with Gasteiger partial charge in [-0.1, -0.05) is 0 Å². The van der Waals surface area contributed by atoms with E-state index in [0.29, 0.717) is 12.5 Å². The molecule has 2 aromatic rings. The highest BCUT2D eigenvalue weighted by Crippen LogP contribution is 2.34. The van der Waals surface area contributed by atoms with Crippen LogP contribution in [0.5, 0.6) is 0 Å². The summed E-state index contributed by atoms with van der Waals surface area (Å²) in [6.07, 6.45) is 1.84. The van der Waals surface area contributed by atoms with E-state index in [1.54, 1.807) is 5.51 Å². The van der Waals surface area contributed by atoms with Crippen LogP contribution in [0.15, 0.2) is 5.51 Å². The van der Waals surface area contributed by atoms with E-state index >= 15 is 0 Å². The van der Waals surface area contributed by atoms with E-state index in [0.717, 1.165) is 42.1 Å². The molecule has 7 nitrogen and oxygen atoms in total. The minimum Gasteiger partial charge on any atom is -0.444 e. The number of piperidine rings is 1. The lowest BCUT2D eigenvalue weighted by atomic mass is 9.95. The number of halogens is 1. The maximum Gasteiger partial charge on any atom is 0.410 e. The van der Waals surface area contributed by atoms with Crippen LogP contribution in [0, 0.1) is 5.92 Å². The third-order valence-electron chi connectivity index (χ3n) is 4.79. The lowest BCUT2D eigenvalue weighted by Crippen LogP contribution is -2.49. The molecular formula is C17H22ClN5O2S. The fraction of sp³-hybridized carbons (Fsp3) is 0.647. The lowest BCUT2D eigenvalue weighted by molar-refractivity contribution is 0.00810. The molecule has 2 bridgehead atoms. The van der Waals surface area contributed by atoms with Gasteiger partial charge < -0.3 is 14.5 Å². The smallest absolute Gasteiger partial charge is 0.410 e. The molecule has 0 unspecified atom stereocenters. The van der Waals surface area contributed by atoms with Crippen molar-refractivity contribution < 1.29 is 9.53 Å². The molecule has 26 heavy (non-hydrogen) atoms. The summed E-state index contributed by atoms with van der Waals surface area (Å²) in [7, 11) is 0. The minimum absolute atomic E-state index is 0.103. The number of hydrogen-bond acceptors (Lipinski definition) is 7. The highest BCUT2D eigenvalue weighted by atomic mass is 35.5. The first-order valence-corrected chi connectivity index (χ1v) is 10.1. The van der Waals surface area contributed by atoms with Gasteiger partial charge in [-0.2, -0.15) is 4.98 Å². The van der Waals surface area contributed by atoms with Gasteiger partial charge in [0.2, 0.25) is 5.28 Å². The maximum absolute atomic E-state index is 12.7. The summed E-state index contributed by atoms with van der Waals surface area (Å²) in [6.45, 7) is 7.94. The Hall–Kier alpha value is -1.67. The first-order chi connectivity index (χ1) is 12.3. The third-order valence-corrected chi connectivity index (χ3v) is 5.68. The molecule has 2 aromatic heterocycles. The summed E-state index contributed by atoms with van der Waals surface area (Å²) >= 11 is 7.58. The van der Waals surface area contributed by atoms with Gasteiger partial charge in [-0.05, 0) is 51.1 Å². The van der Waals surface area contributed by atoms with Crippen LogP contribution in [0.25, 0.3) is 10.3 Å². The molecule has 0 spiro atoms. The normalized spacial score (nSPS) is 23.4. The number of carbonyl (C=O) groups excluding carboxylic acids is 1. The van der Waals surface area contributed by atoms with Crippen LogP contribution < -0.4 is 4.90 Å². The van der Waals surface area contributed by atoms with E-state index < -0.39 is 5.60 Å². The van der Waals surface area contributed by atoms with Gasteiger partial charge in [-0.25, -0.2) is 14.8 Å². The number of carbonyl (C=O) groups is 1. The average Bonchev–Trinajstić information content (AvgIpc) is 2.82. The van der Waals surface area contributed by atoms with Gasteiger partial charge in [-0.15, -0.1) is 11.3 Å². The highest BCUT2D eigenvalue weighted by Gasteiger charge is 2.39. The Kier molecular flexibility index (Phi) is 4.43. The fourth-order valence-corrected chi connectivity index (χ4v) is 4.61. The van der Waals surface area contributed by atoms with Gasteiger partial charge in [-0.3, -0.25) is 0 Å². The largest absolute Gasteiger partial charge is 0.444 e. The Morgan fingerprint density at radius 1 is 1.27 bits per heavy atom. The molecule has 0 radical (unpaired) electrons. The van der Waals surface area contributed by atoms with E-state index in [1.807, 2.05) is 25.7 Å². The van der Waals surface area contributed by atoms with Crippen molar-refractivity contribution >= 4 is 45.2 Å². The van der Waals surface area contributed by atoms with Gasteiger partial charge in [0.25, 0.3) is 0 Å². The molecule has 3 saturated heterocycles. The summed E-state index contributed by atoms with van der Waals surface area (Å²) in [6, 6.07) is 0.103. The molecular weight excluding hydrogens is 374 g/mol. The number of nitrogens with zero attached hydrogens (tertiary/aromatic N) is 5. The quantitative estimate of drug-likeness (QED) is 0.687. The van der Waals surface area contributed by atoms with Crippen molar-refractivity contribution in [3.63, 3.8) is 0 Å². The molecule has 3 aliphatic rings. The predicted octanol–water partition coefficient (Wildman–Crippen LogP) is 3.58. The molecule has 3 aliphatic heterocycles. The van der Waals surface area contributed by atoms with E-state index in [-0.39, 0.29) is 17.4 Å². The molecule has 3 fully saturated rings. The number of amides is 1. The van der Waals surface area contributed by atoms with Crippen LogP contribution in [0.3, 0.4) is 0 Å². The van der Waals surface area contributed by atoms with Crippen molar-refractivity contribution in [2.45, 2.75) is 45.3 Å². The van der Waals surface area contributed by atoms with Crippen molar-refractivity contribution in [3.8, 4) is 0 Å². The number of ether oxygens (including phenoxy) is 1. The standard InChI is InChI=1S/C17H22ClN5O2S/c1-17(2,3)25-16(24)23-7-10-4-5-11(23)8-22(6-10)13-12-14(26-9-19-12)21-15(18)20-13/h9-11H,4-8H2,1-3H3/t10-,11+/m0/s1. The van der Waals surface area contributed by atoms with E-state index in [9.17, 15) is 4.79 Å². The Morgan fingerprint density at radius 3 is 2.85 bits per heavy atom. The van der Waals surface area contributed by atoms with Crippen LogP contribution in [-0.2, 0) is 4.74 Å². The topological polar surface area (TPSA) is 71.5 Å². The first-order valence-electron chi connectivity index (χ1n) is 8.81. The summed E-state index contributed by atoms with van der Waals surface area (Å²) in [5.41, 5.74) is 2.05. The second-order valence-electron chi connectivity index (χ2n) is 7.96. The number of rotatable bonds is 1. The summed E-state index contributed by atoms with van der Waals surface area (Å²) in [5.74, 6) is 1.15. The van der Waals surface area contributed by atoms with Crippen LogP contribution >= 0.6 is 22.9 Å². The molecule has 0 aliphatic carbocycles. The Bertz CT molecular complexity index is 836. The zero-order valence-electron chi connectivity index (χ0n) is 15.1. The van der Waals surface area contributed by atoms with Crippen LogP contribution in [0.2, 0.25) is 5.28 Å². The second kappa shape index (κ2) is 6.49. The van der Waals surface area contributed by atoms with Crippen LogP contribution in [0.4, 0.5) is 10.6 Å². The SMILES string of the molecule is CC(C)(C)OC(=O)N1C[C@H]2CC[C@@H]1CN(c1nc(Cl)nc3scnc13)C2. The van der Waals surface area contributed by atoms with Gasteiger partial charge in [0.15, 0.2) is 10.6 Å². The van der Waals surface area contributed by atoms with Crippen molar-refractivity contribution in [3.05, 3.63) is 10.8 Å². The van der Waals surface area contributed by atoms with Crippen molar-refractivity contribution in [1.29, 1.82) is 0 Å². The monoisotopic (exact) mass is 395 g/mol. The summed E-state index contributed by atoms with van der Waals surface area (Å²) in [4.78, 5) is 30.7. The highest BCUT2D eigenvalue weighted by molar-refractivity contribution is 7.16. The van der Waals surface area contributed by atoms with Crippen molar-refractivity contribution in [1.82, 2.24) is 19.9 Å². The van der Waals surface area contributed by atoms with E-state index in [4.69, 9.17) is 16.3 Å². The number of aromatic nitrogens is 3. The Labute approximate surface area is 161 Å². The fourth-order valence-electron chi connectivity index (χ4n) is 3.74. The Morgan fingerprint density at radius 2 is 2.08 bits per heavy atom. The van der Waals surface area contributed by atoms with E-state index in [2.05, 4.69) is 19.9 Å². The van der Waals surface area contributed by atoms with Gasteiger partial charge in [0, 0.05) is 19.6 Å². The van der Waals surface area contributed by atoms with E-state index in [1.165, 1.54) is 11.3 Å². The maximum atomic E-state index is 12.7. The number of anilines is 1. The average molecular weight is 396 g/mol. The molecule has 2 atom stereocenters. The number of thiazole rings is 1. The predicted molar refractivity (Wildman–Crippen MR) is 102 cm³/mol. The summed E-state index contributed by atoms with van der Waals surface area (Å²) < 4.78 is 5.61. The molecule has 140 valence electrons. The molecule has 0 N–H and O–H groups in total. The first kappa shape index (κ1) is 17.7. The minimum atomic E-state index is -0.491. The lowest BCUT2D eigenvalue weighted by Gasteiger charge is -2.36. The molecule has 0 saturated carbocycles. The molecule has 5 rings (SSSR count). The van der Waals surface area contributed by atoms with Gasteiger partial charge in [0.05, 0.1) is 11.6 Å². The van der Waals surface area contributed by atoms with Crippen LogP contribution in [-0.4, -0.2) is 57.2 Å². The Balaban J connectivity index is 1.62. The molecule has 0 aromatic carbocycles. The molecule has 5 heterocycles. The number of fused-ring (bicyclic) bond motifs is 5. The zero-order valence-corrected chi connectivity index (χ0v) is 16.7. The molecule has 9 heteroatoms. The third kappa shape index (κ3) is 3.44. The van der Waals surface area contributed by atoms with Crippen molar-refractivity contribution in [2.75, 3.05) is 24.5 Å². The van der Waals surface area contributed by atoms with Crippen LogP contribution in [0.1, 0.15) is 33.6 Å². The number of hydrogen-bond donors (Lipinski definition) is 0. The summed E-state index contributed by atoms with van der Waals surface area (Å²) in [5, 5.41) is 0.234. The zero-order chi connectivity index (χ0) is 18.5. The van der Waals surface area contributed by atoms with Gasteiger partial charge in [0.1, 0.15) is 11.1 Å². The van der Waals surface area contributed by atoms with Gasteiger partial charge >= 0.3 is 6.09 Å². The second-order valence-corrected chi connectivity index (χ2v) is 9.13. The van der Waals surface area contributed by atoms with Crippen molar-refractivity contribution in [2.24, 2.45) is 5.92 Å².